The maximum absolute atomic E-state index is 11.9. The van der Waals surface area contributed by atoms with Crippen molar-refractivity contribution >= 4 is 14.3 Å². The van der Waals surface area contributed by atoms with E-state index >= 15 is 0 Å². The van der Waals surface area contributed by atoms with Crippen LogP contribution in [0.4, 0.5) is 0 Å². The molecule has 4 aliphatic carbocycles. The minimum absolute atomic E-state index is 0.0221. The highest BCUT2D eigenvalue weighted by atomic mass is 28.4. The maximum Gasteiger partial charge on any atom is 0.302 e. The van der Waals surface area contributed by atoms with Crippen molar-refractivity contribution in [3.8, 4) is 0 Å². The summed E-state index contributed by atoms with van der Waals surface area (Å²) in [6.45, 7) is 31.3. The van der Waals surface area contributed by atoms with E-state index in [1.165, 1.54) is 44.9 Å². The molecular weight excluding hydrogens is 522 g/mol. The van der Waals surface area contributed by atoms with Gasteiger partial charge >= 0.3 is 5.97 Å². The van der Waals surface area contributed by atoms with Crippen LogP contribution in [0.2, 0.25) is 18.1 Å². The monoisotopic (exact) mass is 587 g/mol. The largest absolute Gasteiger partial charge is 0.462 e. The van der Waals surface area contributed by atoms with E-state index in [4.69, 9.17) is 9.16 Å². The predicted octanol–water partition coefficient (Wildman–Crippen LogP) is 9.31. The summed E-state index contributed by atoms with van der Waals surface area (Å²) in [6.07, 6.45) is 11.3. The van der Waals surface area contributed by atoms with Gasteiger partial charge < -0.3 is 14.5 Å². The van der Waals surface area contributed by atoms with Crippen molar-refractivity contribution in [3.05, 3.63) is 11.1 Å². The van der Waals surface area contributed by atoms with E-state index in [2.05, 4.69) is 80.7 Å². The van der Waals surface area contributed by atoms with Crippen molar-refractivity contribution in [1.82, 2.24) is 5.32 Å². The Bertz CT molecular complexity index is 1010. The standard InChI is InChI=1S/C36H65NO3Si/c1-25(18-22-37-23-24-39-41(11,12)32(3,4)5)27-15-20-36(10)29-13-14-30-33(6,7)31(40-26(2)38)17-19-34(30,8)28(29)16-21-35(27,36)9/h25,27,30-31,37H,13-24H2,1-12H3/t25-,27-,30+,31+,34-,35-,36+/m1/s1. The molecule has 0 bridgehead atoms. The molecule has 4 rings (SSSR count). The molecule has 0 unspecified atom stereocenters. The topological polar surface area (TPSA) is 47.6 Å². The van der Waals surface area contributed by atoms with Gasteiger partial charge in [0.1, 0.15) is 6.10 Å². The van der Waals surface area contributed by atoms with Gasteiger partial charge in [-0.05, 0) is 116 Å². The molecule has 0 aliphatic heterocycles. The fraction of sp³-hybridized carbons (Fsp3) is 0.917. The lowest BCUT2D eigenvalue weighted by Crippen LogP contribution is -2.55. The number of fused-ring (bicyclic) bond motifs is 4. The van der Waals surface area contributed by atoms with Crippen LogP contribution in [0.25, 0.3) is 0 Å². The van der Waals surface area contributed by atoms with Crippen LogP contribution >= 0.6 is 0 Å². The van der Waals surface area contributed by atoms with Crippen LogP contribution in [0.5, 0.6) is 0 Å². The average Bonchev–Trinajstić information content (AvgIpc) is 3.13. The van der Waals surface area contributed by atoms with Gasteiger partial charge in [0.05, 0.1) is 0 Å². The van der Waals surface area contributed by atoms with Crippen molar-refractivity contribution < 1.29 is 14.0 Å². The van der Waals surface area contributed by atoms with Crippen LogP contribution in [0, 0.1) is 39.4 Å². The molecule has 0 aromatic rings. The lowest BCUT2D eigenvalue weighted by Gasteiger charge is -2.62. The van der Waals surface area contributed by atoms with Gasteiger partial charge in [0.2, 0.25) is 0 Å². The number of esters is 1. The predicted molar refractivity (Wildman–Crippen MR) is 174 cm³/mol. The Morgan fingerprint density at radius 1 is 0.976 bits per heavy atom. The second-order valence-corrected chi connectivity index (χ2v) is 22.3. The Kier molecular flexibility index (Phi) is 9.22. The zero-order valence-electron chi connectivity index (χ0n) is 29.0. The Morgan fingerprint density at radius 3 is 2.29 bits per heavy atom. The van der Waals surface area contributed by atoms with E-state index in [-0.39, 0.29) is 27.9 Å². The van der Waals surface area contributed by atoms with Crippen molar-refractivity contribution in [2.24, 2.45) is 39.4 Å². The van der Waals surface area contributed by atoms with Crippen LogP contribution in [-0.2, 0) is 14.0 Å². The molecule has 4 nitrogen and oxygen atoms in total. The first-order valence-corrected chi connectivity index (χ1v) is 20.0. The molecule has 0 radical (unpaired) electrons. The zero-order valence-corrected chi connectivity index (χ0v) is 30.0. The van der Waals surface area contributed by atoms with Gasteiger partial charge in [-0.15, -0.1) is 0 Å². The summed E-state index contributed by atoms with van der Waals surface area (Å²) in [5.41, 5.74) is 4.66. The highest BCUT2D eigenvalue weighted by Gasteiger charge is 2.63. The lowest BCUT2D eigenvalue weighted by molar-refractivity contribution is -0.167. The molecule has 2 fully saturated rings. The fourth-order valence-electron chi connectivity index (χ4n) is 10.3. The summed E-state index contributed by atoms with van der Waals surface area (Å²) in [5.74, 6) is 2.00. The van der Waals surface area contributed by atoms with Crippen molar-refractivity contribution in [3.63, 3.8) is 0 Å². The second-order valence-electron chi connectivity index (χ2n) is 17.4. The summed E-state index contributed by atoms with van der Waals surface area (Å²) in [6, 6.07) is 0. The number of carbonyl (C=O) groups excluding carboxylic acids is 1. The van der Waals surface area contributed by atoms with Gasteiger partial charge in [-0.1, -0.05) is 73.5 Å². The van der Waals surface area contributed by atoms with E-state index in [0.29, 0.717) is 16.7 Å². The van der Waals surface area contributed by atoms with Gasteiger partial charge in [0, 0.05) is 25.5 Å². The van der Waals surface area contributed by atoms with Crippen molar-refractivity contribution in [1.29, 1.82) is 0 Å². The van der Waals surface area contributed by atoms with Gasteiger partial charge in [0.25, 0.3) is 0 Å². The minimum atomic E-state index is -1.66. The Hall–Kier alpha value is -0.653. The third kappa shape index (κ3) is 5.67. The van der Waals surface area contributed by atoms with Crippen molar-refractivity contribution in [2.75, 3.05) is 19.7 Å². The maximum atomic E-state index is 11.9. The number of hydrogen-bond donors (Lipinski definition) is 1. The van der Waals surface area contributed by atoms with Crippen LogP contribution < -0.4 is 5.32 Å². The molecule has 0 heterocycles. The van der Waals surface area contributed by atoms with E-state index in [1.807, 2.05) is 11.1 Å². The van der Waals surface area contributed by atoms with E-state index in [9.17, 15) is 4.79 Å². The molecule has 236 valence electrons. The zero-order chi connectivity index (χ0) is 30.6. The van der Waals surface area contributed by atoms with E-state index in [1.54, 1.807) is 6.92 Å². The Morgan fingerprint density at radius 2 is 1.66 bits per heavy atom. The molecule has 0 aromatic carbocycles. The van der Waals surface area contributed by atoms with Gasteiger partial charge in [-0.2, -0.15) is 0 Å². The van der Waals surface area contributed by atoms with Crippen LogP contribution in [0.3, 0.4) is 0 Å². The van der Waals surface area contributed by atoms with Gasteiger partial charge in [0.15, 0.2) is 8.32 Å². The number of hydrogen-bond acceptors (Lipinski definition) is 4. The number of rotatable bonds is 9. The molecule has 0 saturated heterocycles. The molecule has 1 N–H and O–H groups in total. The minimum Gasteiger partial charge on any atom is -0.462 e. The quantitative estimate of drug-likeness (QED) is 0.126. The highest BCUT2D eigenvalue weighted by Crippen LogP contribution is 2.72. The average molecular weight is 588 g/mol. The highest BCUT2D eigenvalue weighted by molar-refractivity contribution is 6.74. The molecule has 0 aromatic heterocycles. The van der Waals surface area contributed by atoms with E-state index < -0.39 is 8.32 Å². The number of nitrogens with one attached hydrogen (secondary N) is 1. The molecule has 2 saturated carbocycles. The van der Waals surface area contributed by atoms with Crippen LogP contribution in [0.15, 0.2) is 11.1 Å². The molecule has 7 atom stereocenters. The lowest BCUT2D eigenvalue weighted by atomic mass is 9.43. The second kappa shape index (κ2) is 11.4. The van der Waals surface area contributed by atoms with Gasteiger partial charge in [-0.25, -0.2) is 0 Å². The molecule has 0 amide bonds. The first kappa shape index (κ1) is 33.2. The summed E-state index contributed by atoms with van der Waals surface area (Å²) in [7, 11) is -1.66. The normalized spacial score (nSPS) is 37.7. The summed E-state index contributed by atoms with van der Waals surface area (Å²) in [4.78, 5) is 11.9. The molecule has 41 heavy (non-hydrogen) atoms. The number of carbonyl (C=O) groups is 1. The molecule has 5 heteroatoms. The van der Waals surface area contributed by atoms with Crippen molar-refractivity contribution in [2.45, 2.75) is 151 Å². The Balaban J connectivity index is 1.41. The summed E-state index contributed by atoms with van der Waals surface area (Å²) < 4.78 is 12.3. The summed E-state index contributed by atoms with van der Waals surface area (Å²) in [5, 5.41) is 3.99. The fourth-order valence-corrected chi connectivity index (χ4v) is 11.3. The first-order chi connectivity index (χ1) is 18.8. The number of allylic oxidation sites excluding steroid dienone is 2. The molecular formula is C36H65NO3Si. The Labute approximate surface area is 254 Å². The SMILES string of the molecule is CC(=O)O[C@H]1CC[C@]2(C)C3=C(CC[C@H]2C1(C)C)[C@]1(C)CC[C@H]([C@H](C)CCNCCO[Si](C)(C)C(C)(C)C)[C@@]1(C)CC3. The van der Waals surface area contributed by atoms with Gasteiger partial charge in [-0.3, -0.25) is 4.79 Å². The first-order valence-electron chi connectivity index (χ1n) is 17.1. The van der Waals surface area contributed by atoms with Crippen LogP contribution in [-0.4, -0.2) is 40.1 Å². The van der Waals surface area contributed by atoms with Crippen LogP contribution in [0.1, 0.15) is 127 Å². The molecule has 4 aliphatic rings. The number of ether oxygens (including phenoxy) is 1. The third-order valence-corrected chi connectivity index (χ3v) is 18.6. The molecule has 0 spiro atoms. The third-order valence-electron chi connectivity index (χ3n) is 14.1. The smallest absolute Gasteiger partial charge is 0.302 e. The summed E-state index contributed by atoms with van der Waals surface area (Å²) >= 11 is 0. The van der Waals surface area contributed by atoms with E-state index in [0.717, 1.165) is 44.4 Å².